The molecule has 0 bridgehead atoms. The molecule has 0 aliphatic carbocycles. The van der Waals surface area contributed by atoms with Gasteiger partial charge < -0.3 is 30.7 Å². The van der Waals surface area contributed by atoms with Crippen LogP contribution in [-0.4, -0.2) is 67.2 Å². The van der Waals surface area contributed by atoms with Crippen molar-refractivity contribution in [1.29, 1.82) is 0 Å². The second-order valence-electron chi connectivity index (χ2n) is 9.86. The molecule has 0 aromatic heterocycles. The van der Waals surface area contributed by atoms with Crippen LogP contribution < -0.4 is 20.7 Å². The van der Waals surface area contributed by atoms with Crippen LogP contribution in [-0.2, 0) is 22.4 Å². The molecule has 3 rings (SSSR count). The summed E-state index contributed by atoms with van der Waals surface area (Å²) in [5, 5.41) is 19.3. The van der Waals surface area contributed by atoms with Crippen molar-refractivity contribution in [3.8, 4) is 11.5 Å². The van der Waals surface area contributed by atoms with Crippen LogP contribution in [0.1, 0.15) is 50.7 Å². The number of hydrogen-bond acceptors (Lipinski definition) is 6. The van der Waals surface area contributed by atoms with E-state index in [1.807, 2.05) is 4.90 Å². The lowest BCUT2D eigenvalue weighted by atomic mass is 10.1. The number of unbranched alkanes of at least 4 members (excludes halogenated alkanes) is 1. The van der Waals surface area contributed by atoms with Gasteiger partial charge in [-0.05, 0) is 68.6 Å². The predicted octanol–water partition coefficient (Wildman–Crippen LogP) is 3.76. The summed E-state index contributed by atoms with van der Waals surface area (Å²) < 4.78 is 32.0. The van der Waals surface area contributed by atoms with Crippen molar-refractivity contribution in [2.45, 2.75) is 58.4 Å². The Balaban J connectivity index is 1.43. The summed E-state index contributed by atoms with van der Waals surface area (Å²) in [5.41, 5.74) is 1.90. The number of carbonyl (C=O) groups is 2. The number of carbonyl (C=O) groups excluding carboxylic acids is 2. The van der Waals surface area contributed by atoms with E-state index < -0.39 is 11.6 Å². The van der Waals surface area contributed by atoms with Gasteiger partial charge in [-0.1, -0.05) is 31.9 Å². The zero-order chi connectivity index (χ0) is 28.2. The Hall–Kier alpha value is -3.24. The second kappa shape index (κ2) is 15.4. The zero-order valence-corrected chi connectivity index (χ0v) is 22.8. The zero-order valence-electron chi connectivity index (χ0n) is 22.8. The molecule has 4 N–H and O–H groups in total. The average molecular weight is 547 g/mol. The first kappa shape index (κ1) is 30.3. The van der Waals surface area contributed by atoms with Crippen molar-refractivity contribution in [3.63, 3.8) is 0 Å². The Morgan fingerprint density at radius 1 is 1.10 bits per heavy atom. The first-order valence-corrected chi connectivity index (χ1v) is 13.7. The van der Waals surface area contributed by atoms with Crippen LogP contribution in [0, 0.1) is 11.6 Å². The van der Waals surface area contributed by atoms with E-state index in [4.69, 9.17) is 4.74 Å². The molecule has 0 saturated carbocycles. The molecular formula is C29H40F2N4O4. The van der Waals surface area contributed by atoms with Gasteiger partial charge in [0.25, 0.3) is 5.91 Å². The van der Waals surface area contributed by atoms with Gasteiger partial charge in [-0.25, -0.2) is 8.78 Å². The van der Waals surface area contributed by atoms with Crippen LogP contribution in [0.3, 0.4) is 0 Å². The number of aromatic hydroxyl groups is 1. The van der Waals surface area contributed by atoms with Crippen molar-refractivity contribution in [3.05, 3.63) is 53.1 Å². The van der Waals surface area contributed by atoms with E-state index in [1.54, 1.807) is 18.2 Å². The number of ether oxygens (including phenoxy) is 1. The maximum Gasteiger partial charge on any atom is 0.262 e. The Morgan fingerprint density at radius 3 is 2.64 bits per heavy atom. The molecule has 1 atom stereocenters. The van der Waals surface area contributed by atoms with Crippen LogP contribution in [0.15, 0.2) is 30.3 Å². The fourth-order valence-corrected chi connectivity index (χ4v) is 4.60. The highest BCUT2D eigenvalue weighted by atomic mass is 19.2. The van der Waals surface area contributed by atoms with Crippen molar-refractivity contribution < 1.29 is 28.2 Å². The number of hydrogen-bond donors (Lipinski definition) is 4. The number of fused-ring (bicyclic) bond motifs is 1. The number of benzene rings is 2. The number of nitrogens with zero attached hydrogens (tertiary/aromatic N) is 1. The minimum Gasteiger partial charge on any atom is -0.506 e. The van der Waals surface area contributed by atoms with Crippen molar-refractivity contribution in [2.75, 3.05) is 44.6 Å². The monoisotopic (exact) mass is 546 g/mol. The number of halogens is 2. The van der Waals surface area contributed by atoms with Crippen molar-refractivity contribution >= 4 is 17.5 Å². The summed E-state index contributed by atoms with van der Waals surface area (Å²) in [6, 6.07) is 7.36. The molecule has 214 valence electrons. The third-order valence-corrected chi connectivity index (χ3v) is 6.85. The number of nitrogens with one attached hydrogen (secondary N) is 3. The van der Waals surface area contributed by atoms with Crippen LogP contribution in [0.2, 0.25) is 0 Å². The Morgan fingerprint density at radius 2 is 1.87 bits per heavy atom. The average Bonchev–Trinajstić information content (AvgIpc) is 2.92. The van der Waals surface area contributed by atoms with E-state index in [1.165, 1.54) is 6.07 Å². The highest BCUT2D eigenvalue weighted by molar-refractivity contribution is 5.97. The molecule has 0 fully saturated rings. The van der Waals surface area contributed by atoms with Gasteiger partial charge in [0.15, 0.2) is 24.0 Å². The minimum absolute atomic E-state index is 0.0242. The number of anilines is 1. The first-order valence-electron chi connectivity index (χ1n) is 13.7. The van der Waals surface area contributed by atoms with E-state index in [0.717, 1.165) is 30.9 Å². The van der Waals surface area contributed by atoms with Gasteiger partial charge in [-0.3, -0.25) is 9.59 Å². The second-order valence-corrected chi connectivity index (χ2v) is 9.86. The molecule has 10 heteroatoms. The molecule has 0 radical (unpaired) electrons. The maximum absolute atomic E-state index is 13.4. The molecule has 2 aromatic rings. The van der Waals surface area contributed by atoms with Gasteiger partial charge in [0, 0.05) is 32.1 Å². The van der Waals surface area contributed by atoms with E-state index in [9.17, 15) is 23.5 Å². The standard InChI is InChI=1S/C29H40F2N4O4/c1-3-4-5-20(2)35(27(38)12-15-32-13-10-21-6-8-23(30)24(31)18-21)17-16-33-14-11-22-7-9-25(36)28-29(22)39-19-26(37)34-28/h6-9,18,20,32-33,36H,3-5,10-17,19H2,1-2H3,(H,34,37)/t20-/m1/s1. The molecule has 1 heterocycles. The fourth-order valence-electron chi connectivity index (χ4n) is 4.60. The van der Waals surface area contributed by atoms with E-state index in [-0.39, 0.29) is 30.2 Å². The van der Waals surface area contributed by atoms with Gasteiger partial charge in [0.1, 0.15) is 11.4 Å². The molecule has 0 unspecified atom stereocenters. The molecule has 1 aliphatic heterocycles. The SMILES string of the molecule is CCCC[C@@H](C)N(CCNCCc1ccc(O)c2c1OCC(=O)N2)C(=O)CCNCCc1ccc(F)c(F)c1. The third kappa shape index (κ3) is 9.18. The topological polar surface area (TPSA) is 103 Å². The van der Waals surface area contributed by atoms with E-state index in [2.05, 4.69) is 29.8 Å². The highest BCUT2D eigenvalue weighted by Crippen LogP contribution is 2.39. The van der Waals surface area contributed by atoms with Crippen LogP contribution in [0.25, 0.3) is 0 Å². The highest BCUT2D eigenvalue weighted by Gasteiger charge is 2.22. The van der Waals surface area contributed by atoms with Crippen LogP contribution in [0.4, 0.5) is 14.5 Å². The first-order chi connectivity index (χ1) is 18.8. The molecule has 0 spiro atoms. The summed E-state index contributed by atoms with van der Waals surface area (Å²) in [5.74, 6) is -1.45. The van der Waals surface area contributed by atoms with Gasteiger partial charge >= 0.3 is 0 Å². The van der Waals surface area contributed by atoms with E-state index >= 15 is 0 Å². The lowest BCUT2D eigenvalue weighted by Gasteiger charge is -2.30. The summed E-state index contributed by atoms with van der Waals surface area (Å²) >= 11 is 0. The van der Waals surface area contributed by atoms with Crippen LogP contribution in [0.5, 0.6) is 11.5 Å². The number of phenols is 1. The maximum atomic E-state index is 13.4. The Labute approximate surface area is 229 Å². The normalized spacial score (nSPS) is 13.4. The molecule has 2 aromatic carbocycles. The Bertz CT molecular complexity index is 1110. The molecule has 39 heavy (non-hydrogen) atoms. The number of phenolic OH excluding ortho intramolecular Hbond substituents is 1. The molecule has 0 saturated heterocycles. The van der Waals surface area contributed by atoms with E-state index in [0.29, 0.717) is 69.0 Å². The van der Waals surface area contributed by atoms with Crippen molar-refractivity contribution in [2.24, 2.45) is 0 Å². The predicted molar refractivity (Wildman–Crippen MR) is 147 cm³/mol. The Kier molecular flexibility index (Phi) is 11.9. The summed E-state index contributed by atoms with van der Waals surface area (Å²) in [7, 11) is 0. The molecule has 2 amide bonds. The summed E-state index contributed by atoms with van der Waals surface area (Å²) in [4.78, 5) is 26.6. The van der Waals surface area contributed by atoms with Gasteiger partial charge in [-0.2, -0.15) is 0 Å². The molecule has 1 aliphatic rings. The van der Waals surface area contributed by atoms with Gasteiger partial charge in [0.05, 0.1) is 0 Å². The minimum atomic E-state index is -0.854. The summed E-state index contributed by atoms with van der Waals surface area (Å²) in [6.45, 7) is 7.07. The summed E-state index contributed by atoms with van der Waals surface area (Å²) in [6.07, 6.45) is 4.60. The third-order valence-electron chi connectivity index (χ3n) is 6.85. The van der Waals surface area contributed by atoms with Gasteiger partial charge in [-0.15, -0.1) is 0 Å². The number of rotatable bonds is 16. The number of amides is 2. The quantitative estimate of drug-likeness (QED) is 0.189. The largest absolute Gasteiger partial charge is 0.506 e. The van der Waals surface area contributed by atoms with Crippen LogP contribution >= 0.6 is 0 Å². The molecule has 8 nitrogen and oxygen atoms in total. The van der Waals surface area contributed by atoms with Crippen molar-refractivity contribution in [1.82, 2.24) is 15.5 Å². The molecular weight excluding hydrogens is 506 g/mol. The van der Waals surface area contributed by atoms with Gasteiger partial charge in [0.2, 0.25) is 5.91 Å². The fraction of sp³-hybridized carbons (Fsp3) is 0.517. The lowest BCUT2D eigenvalue weighted by molar-refractivity contribution is -0.133. The smallest absolute Gasteiger partial charge is 0.262 e. The lowest BCUT2D eigenvalue weighted by Crippen LogP contribution is -2.43.